The van der Waals surface area contributed by atoms with Crippen molar-refractivity contribution < 1.29 is 18.7 Å². The Labute approximate surface area is 159 Å². The number of carbonyl (C=O) groups excluding carboxylic acids is 1. The average Bonchev–Trinajstić information content (AvgIpc) is 2.91. The molecule has 1 amide bonds. The van der Waals surface area contributed by atoms with Gasteiger partial charge in [0, 0.05) is 26.7 Å². The number of fused-ring (bicyclic) bond motifs is 2. The molecule has 1 N–H and O–H groups in total. The Balaban J connectivity index is 1.67. The highest BCUT2D eigenvalue weighted by atomic mass is 79.9. The van der Waals surface area contributed by atoms with Gasteiger partial charge in [0.15, 0.2) is 11.5 Å². The third kappa shape index (κ3) is 3.07. The fraction of sp³-hybridized carbons (Fsp3) is 0.118. The number of ether oxygens (including phenoxy) is 2. The van der Waals surface area contributed by atoms with Gasteiger partial charge in [-0.05, 0) is 34.1 Å². The van der Waals surface area contributed by atoms with Gasteiger partial charge in [0.05, 0.1) is 10.7 Å². The van der Waals surface area contributed by atoms with Gasteiger partial charge in [0.2, 0.25) is 0 Å². The van der Waals surface area contributed by atoms with Crippen molar-refractivity contribution in [3.05, 3.63) is 50.5 Å². The standard InChI is InChI=1S/C17H10BrClFNO3S/c18-10-6-12-13(24-4-3-23-12)7-11(10)21-17(22)16-15(19)9-2-1-8(20)5-14(9)25-16/h1-2,5-7H,3-4H2,(H,21,22). The van der Waals surface area contributed by atoms with Crippen LogP contribution in [0.1, 0.15) is 9.67 Å². The minimum Gasteiger partial charge on any atom is -0.486 e. The van der Waals surface area contributed by atoms with Gasteiger partial charge in [0.1, 0.15) is 23.9 Å². The summed E-state index contributed by atoms with van der Waals surface area (Å²) in [5, 5.41) is 3.77. The summed E-state index contributed by atoms with van der Waals surface area (Å²) in [6.07, 6.45) is 0. The van der Waals surface area contributed by atoms with E-state index in [9.17, 15) is 9.18 Å². The van der Waals surface area contributed by atoms with E-state index in [1.54, 1.807) is 18.2 Å². The molecule has 0 fully saturated rings. The summed E-state index contributed by atoms with van der Waals surface area (Å²) in [5.74, 6) is 0.441. The molecule has 1 aliphatic rings. The number of hydrogen-bond donors (Lipinski definition) is 1. The molecule has 2 aromatic carbocycles. The number of hydrogen-bond acceptors (Lipinski definition) is 4. The van der Waals surface area contributed by atoms with Crippen LogP contribution in [0.15, 0.2) is 34.8 Å². The van der Waals surface area contributed by atoms with Crippen molar-refractivity contribution in [1.82, 2.24) is 0 Å². The zero-order chi connectivity index (χ0) is 17.6. The smallest absolute Gasteiger partial charge is 0.267 e. The van der Waals surface area contributed by atoms with Crippen molar-refractivity contribution in [2.75, 3.05) is 18.5 Å². The first kappa shape index (κ1) is 16.6. The summed E-state index contributed by atoms with van der Waals surface area (Å²) in [6, 6.07) is 7.69. The van der Waals surface area contributed by atoms with Crippen molar-refractivity contribution >= 4 is 60.5 Å². The number of amides is 1. The molecule has 8 heteroatoms. The number of thiophene rings is 1. The minimum absolute atomic E-state index is 0.311. The van der Waals surface area contributed by atoms with E-state index in [1.807, 2.05) is 0 Å². The first-order valence-corrected chi connectivity index (χ1v) is 9.30. The molecule has 0 unspecified atom stereocenters. The highest BCUT2D eigenvalue weighted by Crippen LogP contribution is 2.40. The summed E-state index contributed by atoms with van der Waals surface area (Å²) in [7, 11) is 0. The van der Waals surface area contributed by atoms with E-state index in [0.29, 0.717) is 54.9 Å². The molecule has 128 valence electrons. The average molecular weight is 443 g/mol. The van der Waals surface area contributed by atoms with Crippen LogP contribution in [0.2, 0.25) is 5.02 Å². The number of halogens is 3. The molecule has 1 aromatic heterocycles. The highest BCUT2D eigenvalue weighted by molar-refractivity contribution is 9.10. The lowest BCUT2D eigenvalue weighted by molar-refractivity contribution is 0.103. The Morgan fingerprint density at radius 1 is 1.20 bits per heavy atom. The molecule has 4 nitrogen and oxygen atoms in total. The van der Waals surface area contributed by atoms with E-state index in [0.717, 1.165) is 11.3 Å². The van der Waals surface area contributed by atoms with Gasteiger partial charge in [-0.3, -0.25) is 4.79 Å². The molecule has 0 atom stereocenters. The van der Waals surface area contributed by atoms with Gasteiger partial charge in [-0.2, -0.15) is 0 Å². The van der Waals surface area contributed by atoms with E-state index in [2.05, 4.69) is 21.2 Å². The third-order valence-electron chi connectivity index (χ3n) is 3.68. The molecule has 0 saturated heterocycles. The van der Waals surface area contributed by atoms with Crippen LogP contribution in [0.5, 0.6) is 11.5 Å². The maximum absolute atomic E-state index is 13.4. The molecule has 3 aromatic rings. The monoisotopic (exact) mass is 441 g/mol. The van der Waals surface area contributed by atoms with Crippen molar-refractivity contribution in [3.63, 3.8) is 0 Å². The second-order valence-electron chi connectivity index (χ2n) is 5.32. The third-order valence-corrected chi connectivity index (χ3v) is 5.99. The fourth-order valence-corrected chi connectivity index (χ4v) is 4.38. The molecule has 0 saturated carbocycles. The molecule has 0 spiro atoms. The van der Waals surface area contributed by atoms with E-state index in [-0.39, 0.29) is 11.7 Å². The van der Waals surface area contributed by atoms with Crippen LogP contribution < -0.4 is 14.8 Å². The van der Waals surface area contributed by atoms with Gasteiger partial charge in [0.25, 0.3) is 5.91 Å². The molecular weight excluding hydrogens is 433 g/mol. The summed E-state index contributed by atoms with van der Waals surface area (Å²) < 4.78 is 25.7. The molecule has 0 aliphatic carbocycles. The zero-order valence-electron chi connectivity index (χ0n) is 12.6. The van der Waals surface area contributed by atoms with Crippen LogP contribution in [0.3, 0.4) is 0 Å². The van der Waals surface area contributed by atoms with Crippen molar-refractivity contribution in [1.29, 1.82) is 0 Å². The molecule has 0 radical (unpaired) electrons. The second kappa shape index (κ2) is 6.48. The van der Waals surface area contributed by atoms with Crippen molar-refractivity contribution in [2.24, 2.45) is 0 Å². The largest absolute Gasteiger partial charge is 0.486 e. The zero-order valence-corrected chi connectivity index (χ0v) is 15.7. The van der Waals surface area contributed by atoms with Gasteiger partial charge in [-0.25, -0.2) is 4.39 Å². The van der Waals surface area contributed by atoms with E-state index < -0.39 is 0 Å². The summed E-state index contributed by atoms with van der Waals surface area (Å²) in [6.45, 7) is 0.939. The predicted molar refractivity (Wildman–Crippen MR) is 99.9 cm³/mol. The Morgan fingerprint density at radius 2 is 1.92 bits per heavy atom. The number of benzene rings is 2. The molecule has 4 rings (SSSR count). The maximum Gasteiger partial charge on any atom is 0.267 e. The van der Waals surface area contributed by atoms with Gasteiger partial charge < -0.3 is 14.8 Å². The summed E-state index contributed by atoms with van der Waals surface area (Å²) in [5.41, 5.74) is 0.536. The number of carbonyl (C=O) groups is 1. The fourth-order valence-electron chi connectivity index (χ4n) is 2.52. The van der Waals surface area contributed by atoms with Crippen molar-refractivity contribution in [3.8, 4) is 11.5 Å². The number of rotatable bonds is 2. The normalized spacial score (nSPS) is 13.1. The maximum atomic E-state index is 13.4. The predicted octanol–water partition coefficient (Wildman–Crippen LogP) is 5.48. The Hall–Kier alpha value is -1.83. The van der Waals surface area contributed by atoms with Crippen LogP contribution in [0.25, 0.3) is 10.1 Å². The van der Waals surface area contributed by atoms with Crippen LogP contribution in [0.4, 0.5) is 10.1 Å². The minimum atomic E-state index is -0.371. The molecule has 2 heterocycles. The van der Waals surface area contributed by atoms with E-state index in [4.69, 9.17) is 21.1 Å². The van der Waals surface area contributed by atoms with Crippen LogP contribution >= 0.6 is 38.9 Å². The summed E-state index contributed by atoms with van der Waals surface area (Å²) >= 11 is 10.9. The molecule has 1 aliphatic heterocycles. The van der Waals surface area contributed by atoms with E-state index >= 15 is 0 Å². The Morgan fingerprint density at radius 3 is 2.68 bits per heavy atom. The quantitative estimate of drug-likeness (QED) is 0.572. The lowest BCUT2D eigenvalue weighted by Crippen LogP contribution is -2.16. The Kier molecular flexibility index (Phi) is 4.31. The SMILES string of the molecule is O=C(Nc1cc2c(cc1Br)OCCO2)c1sc2cc(F)ccc2c1Cl. The molecule has 0 bridgehead atoms. The lowest BCUT2D eigenvalue weighted by atomic mass is 10.2. The first-order chi connectivity index (χ1) is 12.0. The number of anilines is 1. The molecule has 25 heavy (non-hydrogen) atoms. The van der Waals surface area contributed by atoms with Gasteiger partial charge in [-0.15, -0.1) is 11.3 Å². The van der Waals surface area contributed by atoms with Gasteiger partial charge >= 0.3 is 0 Å². The van der Waals surface area contributed by atoms with E-state index in [1.165, 1.54) is 12.1 Å². The van der Waals surface area contributed by atoms with Gasteiger partial charge in [-0.1, -0.05) is 11.6 Å². The molecular formula is C17H10BrClFNO3S. The highest BCUT2D eigenvalue weighted by Gasteiger charge is 2.20. The Bertz CT molecular complexity index is 1010. The van der Waals surface area contributed by atoms with Crippen LogP contribution in [0, 0.1) is 5.82 Å². The lowest BCUT2D eigenvalue weighted by Gasteiger charge is -2.20. The second-order valence-corrected chi connectivity index (χ2v) is 7.60. The number of nitrogens with one attached hydrogen (secondary N) is 1. The van der Waals surface area contributed by atoms with Crippen molar-refractivity contribution in [2.45, 2.75) is 0 Å². The van der Waals surface area contributed by atoms with Crippen LogP contribution in [-0.4, -0.2) is 19.1 Å². The first-order valence-electron chi connectivity index (χ1n) is 7.31. The topological polar surface area (TPSA) is 47.6 Å². The summed E-state index contributed by atoms with van der Waals surface area (Å²) in [4.78, 5) is 13.0. The van der Waals surface area contributed by atoms with Crippen LogP contribution in [-0.2, 0) is 0 Å².